The number of carboxylic acid groups (broad SMARTS) is 1. The topological polar surface area (TPSA) is 60.8 Å². The van der Waals surface area contributed by atoms with Gasteiger partial charge in [0.25, 0.3) is 0 Å². The highest BCUT2D eigenvalue weighted by Gasteiger charge is 2.41. The summed E-state index contributed by atoms with van der Waals surface area (Å²) in [5.74, 6) is 0.272. The van der Waals surface area contributed by atoms with Crippen LogP contribution in [0, 0.1) is 11.3 Å². The van der Waals surface area contributed by atoms with E-state index in [9.17, 15) is 9.90 Å². The molecule has 0 spiro atoms. The predicted molar refractivity (Wildman–Crippen MR) is 71.6 cm³/mol. The minimum Gasteiger partial charge on any atom is -0.465 e. The molecule has 18 heavy (non-hydrogen) atoms. The molecule has 1 saturated heterocycles. The first-order chi connectivity index (χ1) is 8.01. The molecule has 0 bridgehead atoms. The van der Waals surface area contributed by atoms with Gasteiger partial charge in [0.1, 0.15) is 0 Å². The summed E-state index contributed by atoms with van der Waals surface area (Å²) in [5, 5.41) is 19.2. The number of carbonyl (C=O) groups is 1. The van der Waals surface area contributed by atoms with Crippen LogP contribution in [0.25, 0.3) is 0 Å². The van der Waals surface area contributed by atoms with Crippen molar-refractivity contribution in [2.24, 2.45) is 11.3 Å². The molecule has 2 atom stereocenters. The van der Waals surface area contributed by atoms with Crippen molar-refractivity contribution in [3.05, 3.63) is 0 Å². The van der Waals surface area contributed by atoms with E-state index in [2.05, 4.69) is 20.8 Å². The highest BCUT2D eigenvalue weighted by molar-refractivity contribution is 5.66. The Balaban J connectivity index is 2.54. The molecule has 0 saturated carbocycles. The third-order valence-electron chi connectivity index (χ3n) is 3.64. The standard InChI is InChI=1S/C14H27NO3/c1-13(2,3)8-11(16)6-10-7-14(4,5)15(9-10)12(17)18/h10-11,16H,6-9H2,1-5H3,(H,17,18)/t10-,11?/m0/s1. The van der Waals surface area contributed by atoms with Crippen molar-refractivity contribution >= 4 is 6.09 Å². The monoisotopic (exact) mass is 257 g/mol. The van der Waals surface area contributed by atoms with E-state index >= 15 is 0 Å². The van der Waals surface area contributed by atoms with Crippen LogP contribution in [0.5, 0.6) is 0 Å². The number of nitrogens with zero attached hydrogens (tertiary/aromatic N) is 1. The lowest BCUT2D eigenvalue weighted by Crippen LogP contribution is -2.41. The minimum atomic E-state index is -0.854. The van der Waals surface area contributed by atoms with Gasteiger partial charge < -0.3 is 15.1 Å². The summed E-state index contributed by atoms with van der Waals surface area (Å²) in [6.45, 7) is 10.8. The van der Waals surface area contributed by atoms with Gasteiger partial charge in [0.05, 0.1) is 6.10 Å². The molecule has 0 radical (unpaired) electrons. The average Bonchev–Trinajstić information content (AvgIpc) is 2.36. The molecular formula is C14H27NO3. The lowest BCUT2D eigenvalue weighted by molar-refractivity contribution is 0.0953. The summed E-state index contributed by atoms with van der Waals surface area (Å²) in [5.41, 5.74) is -0.196. The quantitative estimate of drug-likeness (QED) is 0.817. The molecule has 1 aliphatic rings. The number of likely N-dealkylation sites (tertiary alicyclic amines) is 1. The van der Waals surface area contributed by atoms with Crippen LogP contribution in [0.15, 0.2) is 0 Å². The third-order valence-corrected chi connectivity index (χ3v) is 3.64. The highest BCUT2D eigenvalue weighted by atomic mass is 16.4. The Kier molecular flexibility index (Phi) is 4.31. The summed E-state index contributed by atoms with van der Waals surface area (Å²) < 4.78 is 0. The fourth-order valence-corrected chi connectivity index (χ4v) is 3.06. The van der Waals surface area contributed by atoms with Crippen LogP contribution in [0.3, 0.4) is 0 Å². The third kappa shape index (κ3) is 4.16. The molecular weight excluding hydrogens is 230 g/mol. The first-order valence-corrected chi connectivity index (χ1v) is 6.70. The normalized spacial score (nSPS) is 25.2. The molecule has 4 heteroatoms. The summed E-state index contributed by atoms with van der Waals surface area (Å²) in [6.07, 6.45) is 1.11. The Labute approximate surface area is 110 Å². The molecule has 0 aliphatic carbocycles. The van der Waals surface area contributed by atoms with Gasteiger partial charge in [0.2, 0.25) is 0 Å². The number of hydrogen-bond donors (Lipinski definition) is 2. The molecule has 0 aromatic heterocycles. The molecule has 1 rings (SSSR count). The second-order valence-corrected chi connectivity index (χ2v) is 7.43. The van der Waals surface area contributed by atoms with E-state index in [0.29, 0.717) is 13.0 Å². The maximum Gasteiger partial charge on any atom is 0.407 e. The second-order valence-electron chi connectivity index (χ2n) is 7.43. The molecule has 0 aromatic carbocycles. The van der Waals surface area contributed by atoms with Crippen molar-refractivity contribution in [1.82, 2.24) is 4.90 Å². The Bertz CT molecular complexity index is 307. The van der Waals surface area contributed by atoms with Crippen LogP contribution in [0.4, 0.5) is 4.79 Å². The number of aliphatic hydroxyl groups is 1. The van der Waals surface area contributed by atoms with E-state index in [1.54, 1.807) is 0 Å². The number of rotatable bonds is 3. The van der Waals surface area contributed by atoms with Crippen LogP contribution in [0.1, 0.15) is 53.9 Å². The average molecular weight is 257 g/mol. The molecule has 2 N–H and O–H groups in total. The molecule has 1 amide bonds. The van der Waals surface area contributed by atoms with Crippen molar-refractivity contribution < 1.29 is 15.0 Å². The fraction of sp³-hybridized carbons (Fsp3) is 0.929. The summed E-state index contributed by atoms with van der Waals surface area (Å²) >= 11 is 0. The van der Waals surface area contributed by atoms with E-state index in [4.69, 9.17) is 5.11 Å². The molecule has 1 aliphatic heterocycles. The van der Waals surface area contributed by atoms with E-state index in [0.717, 1.165) is 12.8 Å². The summed E-state index contributed by atoms with van der Waals surface area (Å²) in [6, 6.07) is 0. The van der Waals surface area contributed by atoms with E-state index in [1.165, 1.54) is 4.90 Å². The first kappa shape index (κ1) is 15.3. The molecule has 1 fully saturated rings. The molecule has 4 nitrogen and oxygen atoms in total. The van der Waals surface area contributed by atoms with E-state index < -0.39 is 6.09 Å². The number of hydrogen-bond acceptors (Lipinski definition) is 2. The minimum absolute atomic E-state index is 0.111. The predicted octanol–water partition coefficient (Wildman–Crippen LogP) is 2.95. The Morgan fingerprint density at radius 1 is 1.44 bits per heavy atom. The maximum absolute atomic E-state index is 11.1. The van der Waals surface area contributed by atoms with Crippen molar-refractivity contribution in [2.45, 2.75) is 65.5 Å². The second kappa shape index (κ2) is 5.08. The van der Waals surface area contributed by atoms with Crippen LogP contribution in [-0.4, -0.2) is 39.4 Å². The van der Waals surface area contributed by atoms with Crippen molar-refractivity contribution in [1.29, 1.82) is 0 Å². The van der Waals surface area contributed by atoms with Gasteiger partial charge in [0.15, 0.2) is 0 Å². The zero-order valence-electron chi connectivity index (χ0n) is 12.2. The lowest BCUT2D eigenvalue weighted by atomic mass is 9.84. The van der Waals surface area contributed by atoms with Gasteiger partial charge in [0, 0.05) is 12.1 Å². The zero-order valence-corrected chi connectivity index (χ0v) is 12.2. The van der Waals surface area contributed by atoms with E-state index in [1.807, 2.05) is 13.8 Å². The maximum atomic E-state index is 11.1. The van der Waals surface area contributed by atoms with Crippen LogP contribution in [-0.2, 0) is 0 Å². The SMILES string of the molecule is CC(C)(C)CC(O)C[C@@H]1CN(C(=O)O)C(C)(C)C1. The van der Waals surface area contributed by atoms with Gasteiger partial charge in [-0.05, 0) is 44.4 Å². The van der Waals surface area contributed by atoms with Gasteiger partial charge in [-0.3, -0.25) is 0 Å². The molecule has 106 valence electrons. The highest BCUT2D eigenvalue weighted by Crippen LogP contribution is 2.36. The fourth-order valence-electron chi connectivity index (χ4n) is 3.06. The van der Waals surface area contributed by atoms with Gasteiger partial charge in [-0.2, -0.15) is 0 Å². The van der Waals surface area contributed by atoms with Crippen LogP contribution >= 0.6 is 0 Å². The van der Waals surface area contributed by atoms with Crippen molar-refractivity contribution in [3.8, 4) is 0 Å². The molecule has 1 heterocycles. The Morgan fingerprint density at radius 2 is 2.00 bits per heavy atom. The van der Waals surface area contributed by atoms with Crippen LogP contribution in [0.2, 0.25) is 0 Å². The molecule has 1 unspecified atom stereocenters. The van der Waals surface area contributed by atoms with Crippen molar-refractivity contribution in [2.75, 3.05) is 6.54 Å². The summed E-state index contributed by atoms with van der Waals surface area (Å²) in [7, 11) is 0. The Morgan fingerprint density at radius 3 is 2.39 bits per heavy atom. The van der Waals surface area contributed by atoms with Gasteiger partial charge in [-0.25, -0.2) is 4.79 Å². The molecule has 0 aromatic rings. The van der Waals surface area contributed by atoms with Crippen molar-refractivity contribution in [3.63, 3.8) is 0 Å². The smallest absolute Gasteiger partial charge is 0.407 e. The Hall–Kier alpha value is -0.770. The lowest BCUT2D eigenvalue weighted by Gasteiger charge is -2.28. The van der Waals surface area contributed by atoms with Gasteiger partial charge in [-0.15, -0.1) is 0 Å². The van der Waals surface area contributed by atoms with Gasteiger partial charge in [-0.1, -0.05) is 20.8 Å². The zero-order chi connectivity index (χ0) is 14.1. The van der Waals surface area contributed by atoms with Crippen LogP contribution < -0.4 is 0 Å². The number of aliphatic hydroxyl groups excluding tert-OH is 1. The van der Waals surface area contributed by atoms with E-state index in [-0.39, 0.29) is 23.0 Å². The largest absolute Gasteiger partial charge is 0.465 e. The van der Waals surface area contributed by atoms with Gasteiger partial charge >= 0.3 is 6.09 Å². The summed E-state index contributed by atoms with van der Waals surface area (Å²) in [4.78, 5) is 12.6. The number of amides is 1. The first-order valence-electron chi connectivity index (χ1n) is 6.70.